The zero-order chi connectivity index (χ0) is 25.0. The maximum atomic E-state index is 13.6. The normalized spacial score (nSPS) is 15.8. The molecule has 1 aliphatic rings. The third-order valence-corrected chi connectivity index (χ3v) is 6.81. The first-order chi connectivity index (χ1) is 16.7. The van der Waals surface area contributed by atoms with E-state index in [-0.39, 0.29) is 18.2 Å². The van der Waals surface area contributed by atoms with Crippen LogP contribution in [0.4, 0.5) is 10.7 Å². The Morgan fingerprint density at radius 1 is 1.17 bits per heavy atom. The number of fused-ring (bicyclic) bond motifs is 1. The number of hydrogen-bond donors (Lipinski definition) is 3. The van der Waals surface area contributed by atoms with Gasteiger partial charge in [0.1, 0.15) is 11.0 Å². The number of nitrogens with one attached hydrogen (secondary N) is 2. The highest BCUT2D eigenvalue weighted by molar-refractivity contribution is 7.15. The lowest BCUT2D eigenvalue weighted by Crippen LogP contribution is -2.49. The summed E-state index contributed by atoms with van der Waals surface area (Å²) in [5, 5.41) is 8.38. The molecule has 0 spiro atoms. The predicted octanol–water partition coefficient (Wildman–Crippen LogP) is 4.08. The maximum Gasteiger partial charge on any atom is 0.249 e. The number of nitrogens with zero attached hydrogens (tertiary/aromatic N) is 1. The molecule has 1 atom stereocenters. The summed E-state index contributed by atoms with van der Waals surface area (Å²) in [6.07, 6.45) is 2.05. The summed E-state index contributed by atoms with van der Waals surface area (Å²) in [5.74, 6) is -0.348. The largest absolute Gasteiger partial charge is 0.344 e. The lowest BCUT2D eigenvalue weighted by molar-refractivity contribution is -0.128. The van der Waals surface area contributed by atoms with Crippen molar-refractivity contribution >= 4 is 40.2 Å². The molecule has 0 bridgehead atoms. The van der Waals surface area contributed by atoms with Gasteiger partial charge in [0.15, 0.2) is 0 Å². The van der Waals surface area contributed by atoms with Gasteiger partial charge in [0, 0.05) is 23.2 Å². The average molecular weight is 491 g/mol. The summed E-state index contributed by atoms with van der Waals surface area (Å²) in [4.78, 5) is 38.8. The van der Waals surface area contributed by atoms with Crippen LogP contribution in [0.1, 0.15) is 37.8 Å². The number of benzene rings is 2. The number of aryl methyl sites for hydroxylation is 1. The molecule has 2 aromatic carbocycles. The number of anilines is 2. The quantitative estimate of drug-likeness (QED) is 0.414. The summed E-state index contributed by atoms with van der Waals surface area (Å²) in [6.45, 7) is 3.97. The molecule has 35 heavy (non-hydrogen) atoms. The minimum absolute atomic E-state index is 0.127. The van der Waals surface area contributed by atoms with Gasteiger partial charge in [-0.15, -0.1) is 11.3 Å². The summed E-state index contributed by atoms with van der Waals surface area (Å²) in [6, 6.07) is 17.2. The fourth-order valence-corrected chi connectivity index (χ4v) is 5.12. The molecule has 4 N–H and O–H groups in total. The highest BCUT2D eigenvalue weighted by Gasteiger charge is 2.32. The van der Waals surface area contributed by atoms with E-state index in [1.807, 2.05) is 60.0 Å². The van der Waals surface area contributed by atoms with Crippen LogP contribution in [0.15, 0.2) is 60.0 Å². The van der Waals surface area contributed by atoms with Gasteiger partial charge in [-0.05, 0) is 60.9 Å². The van der Waals surface area contributed by atoms with Crippen molar-refractivity contribution in [1.82, 2.24) is 5.32 Å². The number of thiophene rings is 1. The van der Waals surface area contributed by atoms with Gasteiger partial charge in [0.2, 0.25) is 18.2 Å². The fraction of sp³-hybridized carbons (Fsp3) is 0.296. The smallest absolute Gasteiger partial charge is 0.249 e. The first-order valence-electron chi connectivity index (χ1n) is 11.6. The summed E-state index contributed by atoms with van der Waals surface area (Å²) < 4.78 is 0. The van der Waals surface area contributed by atoms with Crippen molar-refractivity contribution in [3.63, 3.8) is 0 Å². The van der Waals surface area contributed by atoms with Crippen molar-refractivity contribution in [2.75, 3.05) is 10.2 Å². The number of rotatable bonds is 8. The van der Waals surface area contributed by atoms with Crippen LogP contribution in [-0.2, 0) is 27.3 Å². The van der Waals surface area contributed by atoms with Crippen LogP contribution in [0.5, 0.6) is 0 Å². The molecule has 0 saturated heterocycles. The molecule has 8 heteroatoms. The minimum atomic E-state index is -0.647. The van der Waals surface area contributed by atoms with Crippen LogP contribution in [0.3, 0.4) is 0 Å². The Balaban J connectivity index is 1.57. The van der Waals surface area contributed by atoms with E-state index < -0.39 is 11.6 Å². The predicted molar refractivity (Wildman–Crippen MR) is 140 cm³/mol. The number of hydrogen-bond acceptors (Lipinski definition) is 5. The standard InChI is InChI=1S/C27H30N4O3S/c1-27(2,28)15-24(33)30-22-12-11-20-5-3-4-6-23(20)31(26(22)34)16-18-7-9-19(10-8-18)21-13-14-35-25(21)29-17-32/h3-10,13-14,17,22H,11-12,15-16,28H2,1-2H3,(H,29,32)(H,30,33)/t22-/m1/s1. The van der Waals surface area contributed by atoms with E-state index in [2.05, 4.69) is 10.6 Å². The number of amides is 3. The molecule has 1 aliphatic heterocycles. The monoisotopic (exact) mass is 490 g/mol. The first-order valence-corrected chi connectivity index (χ1v) is 12.5. The zero-order valence-corrected chi connectivity index (χ0v) is 20.7. The second-order valence-corrected chi connectivity index (χ2v) is 10.4. The van der Waals surface area contributed by atoms with Gasteiger partial charge < -0.3 is 21.3 Å². The average Bonchev–Trinajstić information content (AvgIpc) is 3.23. The fourth-order valence-electron chi connectivity index (χ4n) is 4.35. The summed E-state index contributed by atoms with van der Waals surface area (Å²) in [7, 11) is 0. The van der Waals surface area contributed by atoms with Crippen molar-refractivity contribution < 1.29 is 14.4 Å². The topological polar surface area (TPSA) is 105 Å². The van der Waals surface area contributed by atoms with Crippen LogP contribution in [0.25, 0.3) is 11.1 Å². The third kappa shape index (κ3) is 5.96. The van der Waals surface area contributed by atoms with Crippen molar-refractivity contribution in [1.29, 1.82) is 0 Å². The van der Waals surface area contributed by atoms with E-state index in [9.17, 15) is 14.4 Å². The molecule has 0 radical (unpaired) electrons. The van der Waals surface area contributed by atoms with Crippen LogP contribution >= 0.6 is 11.3 Å². The van der Waals surface area contributed by atoms with Crippen LogP contribution < -0.4 is 21.3 Å². The Labute approximate surface area is 209 Å². The van der Waals surface area contributed by atoms with E-state index in [4.69, 9.17) is 5.73 Å². The second-order valence-electron chi connectivity index (χ2n) is 9.50. The molecule has 182 valence electrons. The molecule has 1 aromatic heterocycles. The number of carbonyl (C=O) groups excluding carboxylic acids is 3. The molecule has 2 heterocycles. The number of nitrogens with two attached hydrogens (primary N) is 1. The second kappa shape index (κ2) is 10.4. The Morgan fingerprint density at radius 2 is 1.91 bits per heavy atom. The molecule has 0 unspecified atom stereocenters. The third-order valence-electron chi connectivity index (χ3n) is 5.96. The molecular weight excluding hydrogens is 460 g/mol. The molecule has 3 aromatic rings. The van der Waals surface area contributed by atoms with E-state index in [1.54, 1.807) is 18.7 Å². The number of carbonyl (C=O) groups is 3. The van der Waals surface area contributed by atoms with Gasteiger partial charge in [-0.25, -0.2) is 0 Å². The molecule has 0 aliphatic carbocycles. The SMILES string of the molecule is CC(C)(N)CC(=O)N[C@@H]1CCc2ccccc2N(Cc2ccc(-c3ccsc3NC=O)cc2)C1=O. The molecule has 0 saturated carbocycles. The van der Waals surface area contributed by atoms with Crippen molar-refractivity contribution in [2.24, 2.45) is 5.73 Å². The van der Waals surface area contributed by atoms with Gasteiger partial charge in [-0.2, -0.15) is 0 Å². The van der Waals surface area contributed by atoms with Crippen molar-refractivity contribution in [3.05, 3.63) is 71.1 Å². The Bertz CT molecular complexity index is 1210. The molecule has 3 amide bonds. The molecular formula is C27H30N4O3S. The number of para-hydroxylation sites is 1. The van der Waals surface area contributed by atoms with Gasteiger partial charge in [-0.3, -0.25) is 14.4 Å². The zero-order valence-electron chi connectivity index (χ0n) is 19.9. The van der Waals surface area contributed by atoms with Gasteiger partial charge in [0.05, 0.1) is 6.54 Å². The van der Waals surface area contributed by atoms with Gasteiger partial charge in [0.25, 0.3) is 0 Å². The minimum Gasteiger partial charge on any atom is -0.344 e. The summed E-state index contributed by atoms with van der Waals surface area (Å²) in [5.41, 5.74) is 10.2. The molecule has 7 nitrogen and oxygen atoms in total. The maximum absolute atomic E-state index is 13.6. The van der Waals surface area contributed by atoms with E-state index in [1.165, 1.54) is 11.3 Å². The lowest BCUT2D eigenvalue weighted by atomic mass is 10.0. The van der Waals surface area contributed by atoms with Crippen molar-refractivity contribution in [2.45, 2.75) is 51.2 Å². The van der Waals surface area contributed by atoms with Crippen LogP contribution in [-0.4, -0.2) is 29.8 Å². The van der Waals surface area contributed by atoms with Gasteiger partial charge in [-0.1, -0.05) is 42.5 Å². The highest BCUT2D eigenvalue weighted by atomic mass is 32.1. The van der Waals surface area contributed by atoms with Crippen LogP contribution in [0.2, 0.25) is 0 Å². The van der Waals surface area contributed by atoms with E-state index >= 15 is 0 Å². The van der Waals surface area contributed by atoms with Gasteiger partial charge >= 0.3 is 0 Å². The summed E-state index contributed by atoms with van der Waals surface area (Å²) >= 11 is 1.47. The molecule has 0 fully saturated rings. The Kier molecular flexibility index (Phi) is 7.33. The Morgan fingerprint density at radius 3 is 2.63 bits per heavy atom. The first kappa shape index (κ1) is 24.6. The van der Waals surface area contributed by atoms with E-state index in [0.717, 1.165) is 32.9 Å². The van der Waals surface area contributed by atoms with Crippen LogP contribution in [0, 0.1) is 0 Å². The molecule has 4 rings (SSSR count). The van der Waals surface area contributed by atoms with Crippen molar-refractivity contribution in [3.8, 4) is 11.1 Å². The van der Waals surface area contributed by atoms with E-state index in [0.29, 0.717) is 25.8 Å². The lowest BCUT2D eigenvalue weighted by Gasteiger charge is -2.27. The Hall–Kier alpha value is -3.49. The highest BCUT2D eigenvalue weighted by Crippen LogP contribution is 2.34.